The molecular weight excluding hydrogens is 386 g/mol. The number of H-pyrrole nitrogens is 1. The molecule has 3 aromatic heterocycles. The number of aromatic amines is 1. The first-order valence-corrected chi connectivity index (χ1v) is 10.8. The van der Waals surface area contributed by atoms with Gasteiger partial charge in [-0.3, -0.25) is 4.98 Å². The van der Waals surface area contributed by atoms with Crippen molar-refractivity contribution in [3.05, 3.63) is 78.4 Å². The van der Waals surface area contributed by atoms with Crippen molar-refractivity contribution in [3.63, 3.8) is 0 Å². The zero-order valence-electron chi connectivity index (χ0n) is 17.3. The third-order valence-corrected chi connectivity index (χ3v) is 5.88. The summed E-state index contributed by atoms with van der Waals surface area (Å²) in [7, 11) is 0. The van der Waals surface area contributed by atoms with E-state index < -0.39 is 0 Å². The maximum Gasteiger partial charge on any atom is 0.319 e. The molecule has 0 bridgehead atoms. The largest absolute Gasteiger partial charge is 0.346 e. The highest BCUT2D eigenvalue weighted by Gasteiger charge is 2.17. The Hall–Kier alpha value is -3.67. The SMILES string of the molecule is O=C(Nc1cccc(Cc2c[nH]c3ncc(-c4cccnc4)cc23)c1)NC1CCCC1. The molecule has 6 nitrogen and oxygen atoms in total. The zero-order valence-corrected chi connectivity index (χ0v) is 17.3. The van der Waals surface area contributed by atoms with E-state index in [1.165, 1.54) is 18.4 Å². The summed E-state index contributed by atoms with van der Waals surface area (Å²) in [6.07, 6.45) is 12.8. The molecule has 4 aromatic rings. The average Bonchev–Trinajstić information content (AvgIpc) is 3.44. The summed E-state index contributed by atoms with van der Waals surface area (Å²) < 4.78 is 0. The lowest BCUT2D eigenvalue weighted by Crippen LogP contribution is -2.36. The fourth-order valence-electron chi connectivity index (χ4n) is 4.30. The van der Waals surface area contributed by atoms with Gasteiger partial charge < -0.3 is 15.6 Å². The minimum absolute atomic E-state index is 0.124. The second-order valence-electron chi connectivity index (χ2n) is 8.13. The van der Waals surface area contributed by atoms with Gasteiger partial charge in [0, 0.05) is 53.0 Å². The van der Waals surface area contributed by atoms with Gasteiger partial charge >= 0.3 is 6.03 Å². The van der Waals surface area contributed by atoms with Gasteiger partial charge in [-0.2, -0.15) is 0 Å². The van der Waals surface area contributed by atoms with Crippen molar-refractivity contribution in [1.29, 1.82) is 0 Å². The minimum Gasteiger partial charge on any atom is -0.346 e. The van der Waals surface area contributed by atoms with Crippen molar-refractivity contribution < 1.29 is 4.79 Å². The Bertz CT molecular complexity index is 1200. The molecule has 3 N–H and O–H groups in total. The Morgan fingerprint density at radius 3 is 2.81 bits per heavy atom. The third-order valence-electron chi connectivity index (χ3n) is 5.88. The zero-order chi connectivity index (χ0) is 21.0. The smallest absolute Gasteiger partial charge is 0.319 e. The van der Waals surface area contributed by atoms with Crippen molar-refractivity contribution in [1.82, 2.24) is 20.3 Å². The Labute approximate surface area is 181 Å². The summed E-state index contributed by atoms with van der Waals surface area (Å²) in [6, 6.07) is 14.3. The highest BCUT2D eigenvalue weighted by atomic mass is 16.2. The maximum atomic E-state index is 12.3. The van der Waals surface area contributed by atoms with Crippen LogP contribution in [0.2, 0.25) is 0 Å². The highest BCUT2D eigenvalue weighted by molar-refractivity contribution is 5.89. The maximum absolute atomic E-state index is 12.3. The fourth-order valence-corrected chi connectivity index (χ4v) is 4.30. The van der Waals surface area contributed by atoms with E-state index in [9.17, 15) is 4.79 Å². The molecule has 6 heteroatoms. The lowest BCUT2D eigenvalue weighted by molar-refractivity contribution is 0.248. The third kappa shape index (κ3) is 4.43. The summed E-state index contributed by atoms with van der Waals surface area (Å²) in [5.41, 5.74) is 6.06. The van der Waals surface area contributed by atoms with Crippen LogP contribution in [-0.4, -0.2) is 27.0 Å². The molecule has 5 rings (SSSR count). The van der Waals surface area contributed by atoms with E-state index in [0.29, 0.717) is 6.04 Å². The number of anilines is 1. The predicted molar refractivity (Wildman–Crippen MR) is 123 cm³/mol. The van der Waals surface area contributed by atoms with Crippen LogP contribution in [0, 0.1) is 0 Å². The van der Waals surface area contributed by atoms with E-state index in [4.69, 9.17) is 0 Å². The van der Waals surface area contributed by atoms with Crippen molar-refractivity contribution in [2.45, 2.75) is 38.1 Å². The van der Waals surface area contributed by atoms with E-state index in [2.05, 4.69) is 37.7 Å². The molecule has 2 amide bonds. The summed E-state index contributed by atoms with van der Waals surface area (Å²) in [5, 5.41) is 7.15. The standard InChI is InChI=1S/C25H25N5O/c31-25(29-21-7-1-2-8-21)30-22-9-3-5-17(12-22)11-20-16-28-24-23(20)13-19(15-27-24)18-6-4-10-26-14-18/h3-6,9-10,12-16,21H,1-2,7-8,11H2,(H,27,28)(H2,29,30,31). The van der Waals surface area contributed by atoms with Gasteiger partial charge in [-0.15, -0.1) is 0 Å². The van der Waals surface area contributed by atoms with Gasteiger partial charge in [0.05, 0.1) is 0 Å². The second kappa shape index (κ2) is 8.60. The number of aromatic nitrogens is 3. The van der Waals surface area contributed by atoms with Gasteiger partial charge in [-0.05, 0) is 54.7 Å². The molecule has 1 aliphatic rings. The molecule has 1 aliphatic carbocycles. The van der Waals surface area contributed by atoms with Crippen molar-refractivity contribution in [2.24, 2.45) is 0 Å². The fraction of sp³-hybridized carbons (Fsp3) is 0.240. The monoisotopic (exact) mass is 411 g/mol. The Balaban J connectivity index is 1.33. The lowest BCUT2D eigenvalue weighted by Gasteiger charge is -2.13. The quantitative estimate of drug-likeness (QED) is 0.418. The summed E-state index contributed by atoms with van der Waals surface area (Å²) >= 11 is 0. The van der Waals surface area contributed by atoms with Gasteiger partial charge in [0.1, 0.15) is 5.65 Å². The number of nitrogens with one attached hydrogen (secondary N) is 3. The van der Waals surface area contributed by atoms with E-state index in [-0.39, 0.29) is 6.03 Å². The highest BCUT2D eigenvalue weighted by Crippen LogP contribution is 2.26. The number of rotatable bonds is 5. The number of urea groups is 1. The molecule has 0 spiro atoms. The van der Waals surface area contributed by atoms with Crippen LogP contribution in [-0.2, 0) is 6.42 Å². The van der Waals surface area contributed by atoms with E-state index >= 15 is 0 Å². The molecule has 1 aromatic carbocycles. The molecule has 3 heterocycles. The Morgan fingerprint density at radius 2 is 1.97 bits per heavy atom. The first kappa shape index (κ1) is 19.3. The van der Waals surface area contributed by atoms with E-state index in [1.54, 1.807) is 6.20 Å². The van der Waals surface area contributed by atoms with Crippen molar-refractivity contribution in [3.8, 4) is 11.1 Å². The minimum atomic E-state index is -0.124. The second-order valence-corrected chi connectivity index (χ2v) is 8.13. The van der Waals surface area contributed by atoms with Gasteiger partial charge in [0.15, 0.2) is 0 Å². The van der Waals surface area contributed by atoms with Crippen molar-refractivity contribution in [2.75, 3.05) is 5.32 Å². The number of hydrogen-bond acceptors (Lipinski definition) is 3. The Kier molecular flexibility index (Phi) is 5.35. The van der Waals surface area contributed by atoms with Crippen LogP contribution < -0.4 is 10.6 Å². The molecule has 1 saturated carbocycles. The van der Waals surface area contributed by atoms with Gasteiger partial charge in [-0.1, -0.05) is 31.0 Å². The number of carbonyl (C=O) groups excluding carboxylic acids is 1. The number of carbonyl (C=O) groups is 1. The average molecular weight is 412 g/mol. The van der Waals surface area contributed by atoms with Gasteiger partial charge in [0.2, 0.25) is 0 Å². The Morgan fingerprint density at radius 1 is 1.06 bits per heavy atom. The van der Waals surface area contributed by atoms with Crippen LogP contribution in [0.5, 0.6) is 0 Å². The number of benzene rings is 1. The molecule has 1 fully saturated rings. The molecular formula is C25H25N5O. The number of nitrogens with zero attached hydrogens (tertiary/aromatic N) is 2. The van der Waals surface area contributed by atoms with Crippen LogP contribution in [0.4, 0.5) is 10.5 Å². The summed E-state index contributed by atoms with van der Waals surface area (Å²) in [5.74, 6) is 0. The van der Waals surface area contributed by atoms with Crippen LogP contribution in [0.25, 0.3) is 22.2 Å². The predicted octanol–water partition coefficient (Wildman–Crippen LogP) is 5.28. The lowest BCUT2D eigenvalue weighted by atomic mass is 10.0. The number of hydrogen-bond donors (Lipinski definition) is 3. The van der Waals surface area contributed by atoms with Crippen LogP contribution in [0.1, 0.15) is 36.8 Å². The number of fused-ring (bicyclic) bond motifs is 1. The van der Waals surface area contributed by atoms with Crippen LogP contribution in [0.3, 0.4) is 0 Å². The van der Waals surface area contributed by atoms with Crippen molar-refractivity contribution >= 4 is 22.8 Å². The molecule has 31 heavy (non-hydrogen) atoms. The first-order chi connectivity index (χ1) is 15.2. The van der Waals surface area contributed by atoms with E-state index in [0.717, 1.165) is 52.7 Å². The van der Waals surface area contributed by atoms with Crippen LogP contribution >= 0.6 is 0 Å². The van der Waals surface area contributed by atoms with Gasteiger partial charge in [-0.25, -0.2) is 9.78 Å². The summed E-state index contributed by atoms with van der Waals surface area (Å²) in [4.78, 5) is 24.4. The molecule has 0 atom stereocenters. The number of pyridine rings is 2. The molecule has 156 valence electrons. The topological polar surface area (TPSA) is 82.7 Å². The number of amides is 2. The molecule has 0 radical (unpaired) electrons. The summed E-state index contributed by atoms with van der Waals surface area (Å²) in [6.45, 7) is 0. The molecule has 0 saturated heterocycles. The molecule has 0 aliphatic heterocycles. The first-order valence-electron chi connectivity index (χ1n) is 10.8. The molecule has 0 unspecified atom stereocenters. The van der Waals surface area contributed by atoms with E-state index in [1.807, 2.05) is 48.9 Å². The van der Waals surface area contributed by atoms with Gasteiger partial charge in [0.25, 0.3) is 0 Å². The van der Waals surface area contributed by atoms with Crippen LogP contribution in [0.15, 0.2) is 67.3 Å². The normalized spacial score (nSPS) is 14.1.